The highest BCUT2D eigenvalue weighted by Gasteiger charge is 2.10. The highest BCUT2D eigenvalue weighted by molar-refractivity contribution is 6.37. The number of nitrogens with two attached hydrogens (primary N) is 1. The lowest BCUT2D eigenvalue weighted by molar-refractivity contribution is 0.268. The summed E-state index contributed by atoms with van der Waals surface area (Å²) in [7, 11) is 0. The standard InChI is InChI=1S/C8H9Cl2NO2/c9-5-1-4(7(11)3-12)2-6(10)8(5)13/h1-2,7,12-13H,3,11H2/t7-/m0/s1. The van der Waals surface area contributed by atoms with Crippen LogP contribution in [-0.4, -0.2) is 16.8 Å². The maximum atomic E-state index is 9.22. The zero-order chi connectivity index (χ0) is 10.0. The SMILES string of the molecule is N[C@@H](CO)c1cc(Cl)c(O)c(Cl)c1. The summed E-state index contributed by atoms with van der Waals surface area (Å²) in [5.41, 5.74) is 6.13. The van der Waals surface area contributed by atoms with E-state index in [9.17, 15) is 5.11 Å². The Hall–Kier alpha value is -0.480. The molecule has 0 heterocycles. The molecular formula is C8H9Cl2NO2. The fraction of sp³-hybridized carbons (Fsp3) is 0.250. The van der Waals surface area contributed by atoms with Gasteiger partial charge in [0.15, 0.2) is 5.75 Å². The molecule has 0 saturated carbocycles. The Labute approximate surface area is 85.7 Å². The minimum atomic E-state index is -0.532. The van der Waals surface area contributed by atoms with Crippen molar-refractivity contribution in [3.8, 4) is 5.75 Å². The summed E-state index contributed by atoms with van der Waals surface area (Å²) >= 11 is 11.3. The van der Waals surface area contributed by atoms with Crippen molar-refractivity contribution in [1.29, 1.82) is 0 Å². The van der Waals surface area contributed by atoms with Crippen molar-refractivity contribution in [3.05, 3.63) is 27.7 Å². The van der Waals surface area contributed by atoms with Crippen LogP contribution in [0.25, 0.3) is 0 Å². The van der Waals surface area contributed by atoms with E-state index in [1.54, 1.807) is 0 Å². The number of phenols is 1. The predicted molar refractivity (Wildman–Crippen MR) is 52.1 cm³/mol. The van der Waals surface area contributed by atoms with Gasteiger partial charge in [0.05, 0.1) is 22.7 Å². The van der Waals surface area contributed by atoms with Crippen molar-refractivity contribution in [3.63, 3.8) is 0 Å². The maximum Gasteiger partial charge on any atom is 0.152 e. The molecule has 0 unspecified atom stereocenters. The second-order valence-corrected chi connectivity index (χ2v) is 3.44. The highest BCUT2D eigenvalue weighted by Crippen LogP contribution is 2.33. The summed E-state index contributed by atoms with van der Waals surface area (Å²) in [6.07, 6.45) is 0. The van der Waals surface area contributed by atoms with Gasteiger partial charge in [-0.3, -0.25) is 0 Å². The number of hydrogen-bond donors (Lipinski definition) is 3. The topological polar surface area (TPSA) is 66.5 Å². The molecule has 0 saturated heterocycles. The molecule has 0 amide bonds. The molecular weight excluding hydrogens is 213 g/mol. The van der Waals surface area contributed by atoms with Crippen molar-refractivity contribution in [2.24, 2.45) is 5.73 Å². The fourth-order valence-electron chi connectivity index (χ4n) is 0.905. The van der Waals surface area contributed by atoms with Gasteiger partial charge in [-0.1, -0.05) is 23.2 Å². The monoisotopic (exact) mass is 221 g/mol. The molecule has 0 spiro atoms. The lowest BCUT2D eigenvalue weighted by Crippen LogP contribution is -2.14. The molecule has 3 nitrogen and oxygen atoms in total. The Balaban J connectivity index is 3.13. The summed E-state index contributed by atoms with van der Waals surface area (Å²) in [5.74, 6) is -0.169. The van der Waals surface area contributed by atoms with E-state index in [0.717, 1.165) is 0 Å². The molecule has 72 valence electrons. The van der Waals surface area contributed by atoms with Crippen molar-refractivity contribution >= 4 is 23.2 Å². The van der Waals surface area contributed by atoms with Crippen LogP contribution in [0.2, 0.25) is 10.0 Å². The summed E-state index contributed by atoms with van der Waals surface area (Å²) < 4.78 is 0. The van der Waals surface area contributed by atoms with E-state index in [1.165, 1.54) is 12.1 Å². The van der Waals surface area contributed by atoms with Gasteiger partial charge in [0.2, 0.25) is 0 Å². The quantitative estimate of drug-likeness (QED) is 0.713. The van der Waals surface area contributed by atoms with E-state index >= 15 is 0 Å². The molecule has 0 aromatic heterocycles. The van der Waals surface area contributed by atoms with Crippen LogP contribution in [0.15, 0.2) is 12.1 Å². The van der Waals surface area contributed by atoms with E-state index in [0.29, 0.717) is 5.56 Å². The summed E-state index contributed by atoms with van der Waals surface area (Å²) in [4.78, 5) is 0. The summed E-state index contributed by atoms with van der Waals surface area (Å²) in [6, 6.07) is 2.42. The highest BCUT2D eigenvalue weighted by atomic mass is 35.5. The molecule has 0 fully saturated rings. The number of phenolic OH excluding ortho intramolecular Hbond substituents is 1. The molecule has 0 aliphatic carbocycles. The molecule has 0 radical (unpaired) electrons. The number of rotatable bonds is 2. The van der Waals surface area contributed by atoms with Crippen LogP contribution in [0.3, 0.4) is 0 Å². The largest absolute Gasteiger partial charge is 0.505 e. The first-order chi connectivity index (χ1) is 6.06. The molecule has 1 atom stereocenters. The second kappa shape index (κ2) is 4.15. The number of aliphatic hydroxyl groups is 1. The van der Waals surface area contributed by atoms with Crippen LogP contribution >= 0.6 is 23.2 Å². The Kier molecular flexibility index (Phi) is 3.39. The van der Waals surface area contributed by atoms with Gasteiger partial charge in [-0.05, 0) is 17.7 Å². The predicted octanol–water partition coefficient (Wildman–Crippen LogP) is 1.69. The summed E-state index contributed by atoms with van der Waals surface area (Å²) in [5, 5.41) is 18.2. The number of aliphatic hydroxyl groups excluding tert-OH is 1. The van der Waals surface area contributed by atoms with Crippen LogP contribution in [-0.2, 0) is 0 Å². The van der Waals surface area contributed by atoms with E-state index in [4.69, 9.17) is 34.0 Å². The van der Waals surface area contributed by atoms with Crippen LogP contribution in [0, 0.1) is 0 Å². The summed E-state index contributed by atoms with van der Waals surface area (Å²) in [6.45, 7) is -0.197. The lowest BCUT2D eigenvalue weighted by atomic mass is 10.1. The fourth-order valence-corrected chi connectivity index (χ4v) is 1.41. The number of halogens is 2. The van der Waals surface area contributed by atoms with Gasteiger partial charge in [-0.25, -0.2) is 0 Å². The second-order valence-electron chi connectivity index (χ2n) is 2.62. The zero-order valence-corrected chi connectivity index (χ0v) is 8.18. The first-order valence-electron chi connectivity index (χ1n) is 3.60. The average Bonchev–Trinajstić information content (AvgIpc) is 2.12. The first-order valence-corrected chi connectivity index (χ1v) is 4.36. The third-order valence-corrected chi connectivity index (χ3v) is 2.24. The Morgan fingerprint density at radius 3 is 2.15 bits per heavy atom. The lowest BCUT2D eigenvalue weighted by Gasteiger charge is -2.10. The van der Waals surface area contributed by atoms with E-state index in [2.05, 4.69) is 0 Å². The van der Waals surface area contributed by atoms with Crippen LogP contribution in [0.5, 0.6) is 5.75 Å². The normalized spacial score (nSPS) is 12.9. The number of hydrogen-bond acceptors (Lipinski definition) is 3. The minimum Gasteiger partial charge on any atom is -0.505 e. The zero-order valence-electron chi connectivity index (χ0n) is 6.67. The molecule has 4 N–H and O–H groups in total. The van der Waals surface area contributed by atoms with Gasteiger partial charge >= 0.3 is 0 Å². The van der Waals surface area contributed by atoms with Crippen molar-refractivity contribution < 1.29 is 10.2 Å². The maximum absolute atomic E-state index is 9.22. The average molecular weight is 222 g/mol. The van der Waals surface area contributed by atoms with Gasteiger partial charge in [0.25, 0.3) is 0 Å². The van der Waals surface area contributed by atoms with Crippen LogP contribution in [0.4, 0.5) is 0 Å². The number of aromatic hydroxyl groups is 1. The van der Waals surface area contributed by atoms with Crippen LogP contribution in [0.1, 0.15) is 11.6 Å². The molecule has 0 aliphatic heterocycles. The Morgan fingerprint density at radius 2 is 1.77 bits per heavy atom. The molecule has 0 aliphatic rings. The molecule has 1 rings (SSSR count). The van der Waals surface area contributed by atoms with E-state index in [1.807, 2.05) is 0 Å². The van der Waals surface area contributed by atoms with Gasteiger partial charge in [-0.2, -0.15) is 0 Å². The van der Waals surface area contributed by atoms with E-state index in [-0.39, 0.29) is 22.4 Å². The van der Waals surface area contributed by atoms with Gasteiger partial charge in [0, 0.05) is 0 Å². The molecule has 13 heavy (non-hydrogen) atoms. The van der Waals surface area contributed by atoms with E-state index < -0.39 is 6.04 Å². The van der Waals surface area contributed by atoms with Crippen LogP contribution < -0.4 is 5.73 Å². The molecule has 1 aromatic carbocycles. The molecule has 5 heteroatoms. The molecule has 1 aromatic rings. The smallest absolute Gasteiger partial charge is 0.152 e. The van der Waals surface area contributed by atoms with Gasteiger partial charge < -0.3 is 15.9 Å². The van der Waals surface area contributed by atoms with Gasteiger partial charge in [-0.15, -0.1) is 0 Å². The van der Waals surface area contributed by atoms with Gasteiger partial charge in [0.1, 0.15) is 0 Å². The Bertz CT molecular complexity index is 294. The third kappa shape index (κ3) is 2.25. The third-order valence-electron chi connectivity index (χ3n) is 1.66. The van der Waals surface area contributed by atoms with Crippen molar-refractivity contribution in [2.75, 3.05) is 6.61 Å². The number of benzene rings is 1. The first kappa shape index (κ1) is 10.6. The van der Waals surface area contributed by atoms with Crippen molar-refractivity contribution in [2.45, 2.75) is 6.04 Å². The Morgan fingerprint density at radius 1 is 1.31 bits per heavy atom. The minimum absolute atomic E-state index is 0.131. The van der Waals surface area contributed by atoms with Crippen molar-refractivity contribution in [1.82, 2.24) is 0 Å². The molecule has 0 bridgehead atoms.